The van der Waals surface area contributed by atoms with Crippen molar-refractivity contribution in [2.75, 3.05) is 33.3 Å². The van der Waals surface area contributed by atoms with Crippen LogP contribution in [-0.4, -0.2) is 59.9 Å². The first kappa shape index (κ1) is 18.4. The lowest BCUT2D eigenvalue weighted by Crippen LogP contribution is -2.45. The van der Waals surface area contributed by atoms with E-state index >= 15 is 0 Å². The Morgan fingerprint density at radius 3 is 2.70 bits per heavy atom. The molecule has 0 saturated carbocycles. The molecule has 0 aliphatic carbocycles. The van der Waals surface area contributed by atoms with Crippen molar-refractivity contribution in [1.82, 2.24) is 14.8 Å². The van der Waals surface area contributed by atoms with Gasteiger partial charge in [-0.1, -0.05) is 12.1 Å². The molecule has 27 heavy (non-hydrogen) atoms. The molecular formula is C20H25N3O3S. The zero-order valence-corrected chi connectivity index (χ0v) is 16.4. The third kappa shape index (κ3) is 3.84. The van der Waals surface area contributed by atoms with Crippen LogP contribution in [0, 0.1) is 5.92 Å². The molecule has 6 nitrogen and oxygen atoms in total. The molecule has 2 aliphatic rings. The number of likely N-dealkylation sites (tertiary alicyclic amines) is 2. The lowest BCUT2D eigenvalue weighted by atomic mass is 9.97. The molecule has 1 aromatic carbocycles. The van der Waals surface area contributed by atoms with Crippen LogP contribution in [0.15, 0.2) is 24.3 Å². The van der Waals surface area contributed by atoms with E-state index in [1.807, 2.05) is 23.1 Å². The number of para-hydroxylation sites is 1. The van der Waals surface area contributed by atoms with Crippen molar-refractivity contribution in [2.24, 2.45) is 5.92 Å². The predicted octanol–water partition coefficient (Wildman–Crippen LogP) is 2.84. The first-order chi connectivity index (χ1) is 13.2. The van der Waals surface area contributed by atoms with Crippen LogP contribution >= 0.6 is 11.3 Å². The third-order valence-corrected chi connectivity index (χ3v) is 6.82. The Hall–Kier alpha value is -1.99. The summed E-state index contributed by atoms with van der Waals surface area (Å²) in [4.78, 5) is 33.4. The van der Waals surface area contributed by atoms with Gasteiger partial charge in [-0.2, -0.15) is 0 Å². The number of hydrogen-bond donors (Lipinski definition) is 0. The number of carbonyl (C=O) groups excluding carboxylic acids is 2. The minimum atomic E-state index is -0.155. The van der Waals surface area contributed by atoms with E-state index in [1.165, 1.54) is 11.8 Å². The van der Waals surface area contributed by atoms with E-state index in [0.717, 1.165) is 29.9 Å². The summed E-state index contributed by atoms with van der Waals surface area (Å²) in [6.45, 7) is 2.64. The Bertz CT molecular complexity index is 796. The maximum absolute atomic E-state index is 12.8. The summed E-state index contributed by atoms with van der Waals surface area (Å²) in [7, 11) is 1.43. The van der Waals surface area contributed by atoms with Crippen LogP contribution in [0.3, 0.4) is 0 Å². The highest BCUT2D eigenvalue weighted by Gasteiger charge is 2.33. The van der Waals surface area contributed by atoms with E-state index in [4.69, 9.17) is 9.72 Å². The number of piperidine rings is 1. The van der Waals surface area contributed by atoms with Crippen molar-refractivity contribution in [3.8, 4) is 0 Å². The minimum absolute atomic E-state index is 0.0682. The number of hydrogen-bond acceptors (Lipinski definition) is 6. The van der Waals surface area contributed by atoms with Gasteiger partial charge in [-0.05, 0) is 44.4 Å². The van der Waals surface area contributed by atoms with Crippen molar-refractivity contribution in [2.45, 2.75) is 31.7 Å². The number of carbonyl (C=O) groups is 2. The molecule has 3 heterocycles. The number of amides is 1. The summed E-state index contributed by atoms with van der Waals surface area (Å²) in [5.41, 5.74) is 1.04. The summed E-state index contributed by atoms with van der Waals surface area (Å²) in [5.74, 6) is -0.0646. The fourth-order valence-electron chi connectivity index (χ4n) is 4.13. The highest BCUT2D eigenvalue weighted by molar-refractivity contribution is 7.18. The zero-order valence-electron chi connectivity index (χ0n) is 15.6. The van der Waals surface area contributed by atoms with Crippen molar-refractivity contribution in [3.05, 3.63) is 29.3 Å². The van der Waals surface area contributed by atoms with Gasteiger partial charge in [0.15, 0.2) is 0 Å². The molecular weight excluding hydrogens is 362 g/mol. The molecule has 4 rings (SSSR count). The smallest absolute Gasteiger partial charge is 0.308 e. The molecule has 144 valence electrons. The molecule has 0 spiro atoms. The van der Waals surface area contributed by atoms with Gasteiger partial charge in [0.1, 0.15) is 5.01 Å². The second-order valence-corrected chi connectivity index (χ2v) is 8.39. The van der Waals surface area contributed by atoms with Gasteiger partial charge in [-0.15, -0.1) is 11.3 Å². The molecule has 1 aromatic heterocycles. The summed E-state index contributed by atoms with van der Waals surface area (Å²) in [6, 6.07) is 8.44. The molecule has 2 aromatic rings. The van der Waals surface area contributed by atoms with Gasteiger partial charge >= 0.3 is 5.97 Å². The van der Waals surface area contributed by atoms with Crippen LogP contribution in [0.5, 0.6) is 0 Å². The monoisotopic (exact) mass is 387 g/mol. The molecule has 0 radical (unpaired) electrons. The number of ether oxygens (including phenoxy) is 1. The molecule has 1 amide bonds. The second-order valence-electron chi connectivity index (χ2n) is 7.33. The van der Waals surface area contributed by atoms with Crippen LogP contribution in [-0.2, 0) is 14.3 Å². The Kier molecular flexibility index (Phi) is 5.41. The molecule has 0 unspecified atom stereocenters. The molecule has 0 bridgehead atoms. The summed E-state index contributed by atoms with van der Waals surface area (Å²) < 4.78 is 6.03. The Morgan fingerprint density at radius 2 is 1.96 bits per heavy atom. The fourth-order valence-corrected chi connectivity index (χ4v) is 5.27. The van der Waals surface area contributed by atoms with Gasteiger partial charge in [-0.3, -0.25) is 14.5 Å². The SMILES string of the molecule is COC(=O)C1CCN(C(=O)CN2CCC[C@H]2c2nc3ccccc3s2)CC1. The van der Waals surface area contributed by atoms with Crippen LogP contribution in [0.4, 0.5) is 0 Å². The van der Waals surface area contributed by atoms with Gasteiger partial charge in [0, 0.05) is 13.1 Å². The van der Waals surface area contributed by atoms with E-state index in [0.29, 0.717) is 32.5 Å². The summed E-state index contributed by atoms with van der Waals surface area (Å²) in [5, 5.41) is 1.12. The fraction of sp³-hybridized carbons (Fsp3) is 0.550. The molecule has 1 atom stereocenters. The standard InChI is InChI=1S/C20H25N3O3S/c1-26-20(25)14-8-11-22(12-9-14)18(24)13-23-10-4-6-16(23)19-21-15-5-2-3-7-17(15)27-19/h2-3,5,7,14,16H,4,6,8-13H2,1H3/t16-/m0/s1. The second kappa shape index (κ2) is 7.94. The topological polar surface area (TPSA) is 62.7 Å². The number of rotatable bonds is 4. The normalized spacial score (nSPS) is 21.7. The average Bonchev–Trinajstić information content (AvgIpc) is 3.33. The number of thiazole rings is 1. The van der Waals surface area contributed by atoms with Crippen molar-refractivity contribution in [1.29, 1.82) is 0 Å². The van der Waals surface area contributed by atoms with Crippen LogP contribution in [0.2, 0.25) is 0 Å². The average molecular weight is 388 g/mol. The van der Waals surface area contributed by atoms with E-state index in [-0.39, 0.29) is 23.8 Å². The van der Waals surface area contributed by atoms with Gasteiger partial charge in [-0.25, -0.2) is 4.98 Å². The summed E-state index contributed by atoms with van der Waals surface area (Å²) >= 11 is 1.74. The van der Waals surface area contributed by atoms with Gasteiger partial charge < -0.3 is 9.64 Å². The lowest BCUT2D eigenvalue weighted by Gasteiger charge is -2.32. The van der Waals surface area contributed by atoms with Gasteiger partial charge in [0.2, 0.25) is 5.91 Å². The highest BCUT2D eigenvalue weighted by atomic mass is 32.1. The number of fused-ring (bicyclic) bond motifs is 1. The minimum Gasteiger partial charge on any atom is -0.469 e. The van der Waals surface area contributed by atoms with E-state index in [2.05, 4.69) is 11.0 Å². The first-order valence-corrected chi connectivity index (χ1v) is 10.4. The third-order valence-electron chi connectivity index (χ3n) is 5.68. The van der Waals surface area contributed by atoms with Crippen molar-refractivity contribution >= 4 is 33.4 Å². The number of benzene rings is 1. The first-order valence-electron chi connectivity index (χ1n) is 9.61. The van der Waals surface area contributed by atoms with Crippen molar-refractivity contribution in [3.63, 3.8) is 0 Å². The van der Waals surface area contributed by atoms with E-state index < -0.39 is 0 Å². The lowest BCUT2D eigenvalue weighted by molar-refractivity contribution is -0.149. The maximum Gasteiger partial charge on any atom is 0.308 e. The molecule has 7 heteroatoms. The van der Waals surface area contributed by atoms with Gasteiger partial charge in [0.25, 0.3) is 0 Å². The predicted molar refractivity (Wildman–Crippen MR) is 104 cm³/mol. The Labute approximate surface area is 163 Å². The van der Waals surface area contributed by atoms with Crippen molar-refractivity contribution < 1.29 is 14.3 Å². The molecule has 2 aliphatic heterocycles. The molecule has 2 fully saturated rings. The Morgan fingerprint density at radius 1 is 1.19 bits per heavy atom. The highest BCUT2D eigenvalue weighted by Crippen LogP contribution is 2.36. The number of aromatic nitrogens is 1. The van der Waals surface area contributed by atoms with Crippen LogP contribution in [0.25, 0.3) is 10.2 Å². The zero-order chi connectivity index (χ0) is 18.8. The van der Waals surface area contributed by atoms with E-state index in [9.17, 15) is 9.59 Å². The number of nitrogens with zero attached hydrogens (tertiary/aromatic N) is 3. The van der Waals surface area contributed by atoms with Crippen LogP contribution < -0.4 is 0 Å². The quantitative estimate of drug-likeness (QED) is 0.755. The van der Waals surface area contributed by atoms with E-state index in [1.54, 1.807) is 11.3 Å². The maximum atomic E-state index is 12.8. The van der Waals surface area contributed by atoms with Gasteiger partial charge in [0.05, 0.1) is 35.8 Å². The number of methoxy groups -OCH3 is 1. The number of esters is 1. The Balaban J connectivity index is 1.38. The summed E-state index contributed by atoms with van der Waals surface area (Å²) in [6.07, 6.45) is 3.54. The molecule has 2 saturated heterocycles. The largest absolute Gasteiger partial charge is 0.469 e. The molecule has 0 N–H and O–H groups in total. The van der Waals surface area contributed by atoms with Crippen LogP contribution in [0.1, 0.15) is 36.7 Å².